The Labute approximate surface area is 183 Å². The van der Waals surface area contributed by atoms with Crippen LogP contribution >= 0.6 is 11.6 Å². The average molecular weight is 433 g/mol. The Hall–Kier alpha value is -2.73. The van der Waals surface area contributed by atoms with Gasteiger partial charge in [-0.15, -0.1) is 0 Å². The first-order valence-electron chi connectivity index (χ1n) is 10.2. The van der Waals surface area contributed by atoms with Crippen LogP contribution in [0.3, 0.4) is 0 Å². The molecule has 0 aliphatic heterocycles. The molecule has 0 fully saturated rings. The largest absolute Gasteiger partial charge is 0.490 e. The molecule has 0 aliphatic rings. The minimum Gasteiger partial charge on any atom is -0.490 e. The van der Waals surface area contributed by atoms with Gasteiger partial charge >= 0.3 is 0 Å². The van der Waals surface area contributed by atoms with Crippen LogP contribution in [0.1, 0.15) is 54.8 Å². The number of carbonyl (C=O) groups is 2. The summed E-state index contributed by atoms with van der Waals surface area (Å²) in [5.74, 6) is 0.431. The summed E-state index contributed by atoms with van der Waals surface area (Å²) in [6.45, 7) is 9.87. The van der Waals surface area contributed by atoms with Crippen LogP contribution < -0.4 is 14.8 Å². The zero-order chi connectivity index (χ0) is 22.1. The predicted molar refractivity (Wildman–Crippen MR) is 120 cm³/mol. The van der Waals surface area contributed by atoms with Gasteiger partial charge in [-0.1, -0.05) is 24.6 Å². The summed E-state index contributed by atoms with van der Waals surface area (Å²) in [6.07, 6.45) is 0.826. The van der Waals surface area contributed by atoms with Gasteiger partial charge in [-0.05, 0) is 57.5 Å². The maximum Gasteiger partial charge on any atom is 0.255 e. The fraction of sp³-hybridized carbons (Fsp3) is 0.391. The van der Waals surface area contributed by atoms with Gasteiger partial charge in [0.1, 0.15) is 0 Å². The quantitative estimate of drug-likeness (QED) is 0.555. The first kappa shape index (κ1) is 23.5. The van der Waals surface area contributed by atoms with E-state index in [-0.39, 0.29) is 11.8 Å². The Bertz CT molecular complexity index is 882. The normalized spacial score (nSPS) is 10.4. The number of ether oxygens (including phenoxy) is 2. The number of hydrogen-bond acceptors (Lipinski definition) is 4. The molecule has 0 heterocycles. The van der Waals surface area contributed by atoms with E-state index in [2.05, 4.69) is 5.32 Å². The molecule has 0 unspecified atom stereocenters. The highest BCUT2D eigenvalue weighted by atomic mass is 35.5. The molecule has 2 aromatic carbocycles. The number of nitrogens with one attached hydrogen (secondary N) is 1. The summed E-state index contributed by atoms with van der Waals surface area (Å²) in [5, 5.41) is 3.13. The van der Waals surface area contributed by atoms with Crippen LogP contribution in [0.2, 0.25) is 5.02 Å². The van der Waals surface area contributed by atoms with E-state index in [0.29, 0.717) is 59.6 Å². The van der Waals surface area contributed by atoms with Gasteiger partial charge in [0, 0.05) is 29.9 Å². The van der Waals surface area contributed by atoms with Crippen molar-refractivity contribution in [1.82, 2.24) is 4.90 Å². The van der Waals surface area contributed by atoms with Gasteiger partial charge in [-0.3, -0.25) is 9.59 Å². The van der Waals surface area contributed by atoms with E-state index in [4.69, 9.17) is 21.1 Å². The van der Waals surface area contributed by atoms with Gasteiger partial charge in [0.2, 0.25) is 0 Å². The highest BCUT2D eigenvalue weighted by molar-refractivity contribution is 6.32. The minimum atomic E-state index is -0.354. The molecule has 162 valence electrons. The van der Waals surface area contributed by atoms with E-state index >= 15 is 0 Å². The fourth-order valence-corrected chi connectivity index (χ4v) is 3.20. The number of halogens is 1. The van der Waals surface area contributed by atoms with Crippen molar-refractivity contribution in [2.24, 2.45) is 0 Å². The van der Waals surface area contributed by atoms with Crippen molar-refractivity contribution >= 4 is 29.1 Å². The van der Waals surface area contributed by atoms with Crippen LogP contribution in [0.5, 0.6) is 11.5 Å². The second kappa shape index (κ2) is 11.5. The topological polar surface area (TPSA) is 67.9 Å². The molecule has 0 atom stereocenters. The summed E-state index contributed by atoms with van der Waals surface area (Å²) in [5.41, 5.74) is 1.39. The number of rotatable bonds is 10. The van der Waals surface area contributed by atoms with Crippen LogP contribution in [-0.2, 0) is 0 Å². The van der Waals surface area contributed by atoms with E-state index < -0.39 is 0 Å². The highest BCUT2D eigenvalue weighted by Gasteiger charge is 2.18. The Kier molecular flexibility index (Phi) is 8.99. The van der Waals surface area contributed by atoms with Crippen molar-refractivity contribution in [2.75, 3.05) is 31.6 Å². The molecular formula is C23H29ClN2O4. The zero-order valence-electron chi connectivity index (χ0n) is 18.0. The van der Waals surface area contributed by atoms with Crippen molar-refractivity contribution < 1.29 is 19.1 Å². The molecule has 2 aromatic rings. The van der Waals surface area contributed by atoms with Crippen LogP contribution in [0.15, 0.2) is 36.4 Å². The summed E-state index contributed by atoms with van der Waals surface area (Å²) in [6, 6.07) is 10.0. The third-order valence-electron chi connectivity index (χ3n) is 4.44. The van der Waals surface area contributed by atoms with Crippen LogP contribution in [0.25, 0.3) is 0 Å². The molecule has 2 amide bonds. The van der Waals surface area contributed by atoms with Gasteiger partial charge in [-0.2, -0.15) is 0 Å². The van der Waals surface area contributed by atoms with Gasteiger partial charge in [0.05, 0.1) is 18.2 Å². The predicted octanol–water partition coefficient (Wildman–Crippen LogP) is 5.26. The molecule has 30 heavy (non-hydrogen) atoms. The number of carbonyl (C=O) groups excluding carboxylic acids is 2. The lowest BCUT2D eigenvalue weighted by Gasteiger charge is -2.19. The van der Waals surface area contributed by atoms with Crippen LogP contribution in [0, 0.1) is 0 Å². The average Bonchev–Trinajstić information content (AvgIpc) is 2.74. The lowest BCUT2D eigenvalue weighted by molar-refractivity contribution is 0.0772. The first-order chi connectivity index (χ1) is 14.4. The number of hydrogen-bond donors (Lipinski definition) is 1. The second-order valence-corrected chi connectivity index (χ2v) is 6.99. The molecule has 0 saturated heterocycles. The standard InChI is InChI=1S/C23H29ClN2O4/c1-5-12-30-21-19(24)14-17(15-20(21)29-8-4)22(27)25-18-11-9-10-16(13-18)23(28)26(6-2)7-3/h9-11,13-15H,5-8,12H2,1-4H3,(H,25,27). The molecule has 0 bridgehead atoms. The van der Waals surface area contributed by atoms with E-state index in [0.717, 1.165) is 6.42 Å². The SMILES string of the molecule is CCCOc1c(Cl)cc(C(=O)Nc2cccc(C(=O)N(CC)CC)c2)cc1OCC. The number of benzene rings is 2. The molecule has 7 heteroatoms. The monoisotopic (exact) mass is 432 g/mol. The van der Waals surface area contributed by atoms with Crippen molar-refractivity contribution in [3.63, 3.8) is 0 Å². The van der Waals surface area contributed by atoms with E-state index in [9.17, 15) is 9.59 Å². The molecular weight excluding hydrogens is 404 g/mol. The van der Waals surface area contributed by atoms with E-state index in [1.807, 2.05) is 27.7 Å². The fourth-order valence-electron chi connectivity index (χ4n) is 2.93. The Morgan fingerprint density at radius 1 is 1.00 bits per heavy atom. The third kappa shape index (κ3) is 5.89. The smallest absolute Gasteiger partial charge is 0.255 e. The van der Waals surface area contributed by atoms with E-state index in [1.165, 1.54) is 0 Å². The molecule has 0 spiro atoms. The number of anilines is 1. The molecule has 0 aliphatic carbocycles. The summed E-state index contributed by atoms with van der Waals surface area (Å²) in [4.78, 5) is 27.1. The van der Waals surface area contributed by atoms with Crippen LogP contribution in [0.4, 0.5) is 5.69 Å². The second-order valence-electron chi connectivity index (χ2n) is 6.58. The molecule has 6 nitrogen and oxygen atoms in total. The molecule has 1 N–H and O–H groups in total. The minimum absolute atomic E-state index is 0.0739. The lowest BCUT2D eigenvalue weighted by Crippen LogP contribution is -2.30. The Balaban J connectivity index is 2.25. The van der Waals surface area contributed by atoms with E-state index in [1.54, 1.807) is 41.3 Å². The van der Waals surface area contributed by atoms with Crippen molar-refractivity contribution in [2.45, 2.75) is 34.1 Å². The summed E-state index contributed by atoms with van der Waals surface area (Å²) in [7, 11) is 0. The van der Waals surface area contributed by atoms with Crippen molar-refractivity contribution in [1.29, 1.82) is 0 Å². The maximum absolute atomic E-state index is 12.8. The van der Waals surface area contributed by atoms with Gasteiger partial charge in [0.25, 0.3) is 11.8 Å². The number of amides is 2. The highest BCUT2D eigenvalue weighted by Crippen LogP contribution is 2.37. The first-order valence-corrected chi connectivity index (χ1v) is 10.6. The van der Waals surface area contributed by atoms with Gasteiger partial charge in [-0.25, -0.2) is 0 Å². The molecule has 0 aromatic heterocycles. The van der Waals surface area contributed by atoms with Gasteiger partial charge < -0.3 is 19.7 Å². The molecule has 0 saturated carbocycles. The maximum atomic E-state index is 12.8. The summed E-state index contributed by atoms with van der Waals surface area (Å²) < 4.78 is 11.3. The third-order valence-corrected chi connectivity index (χ3v) is 4.72. The molecule has 0 radical (unpaired) electrons. The van der Waals surface area contributed by atoms with Crippen molar-refractivity contribution in [3.05, 3.63) is 52.5 Å². The Morgan fingerprint density at radius 3 is 2.37 bits per heavy atom. The van der Waals surface area contributed by atoms with Crippen molar-refractivity contribution in [3.8, 4) is 11.5 Å². The van der Waals surface area contributed by atoms with Crippen LogP contribution in [-0.4, -0.2) is 43.0 Å². The zero-order valence-corrected chi connectivity index (χ0v) is 18.7. The summed E-state index contributed by atoms with van der Waals surface area (Å²) >= 11 is 6.35. The lowest BCUT2D eigenvalue weighted by atomic mass is 10.1. The van der Waals surface area contributed by atoms with Gasteiger partial charge in [0.15, 0.2) is 11.5 Å². The Morgan fingerprint density at radius 2 is 1.73 bits per heavy atom. The number of nitrogens with zero attached hydrogens (tertiary/aromatic N) is 1. The molecule has 2 rings (SSSR count).